The molecule has 90 valence electrons. The van der Waals surface area contributed by atoms with Crippen LogP contribution in [0.4, 0.5) is 0 Å². The molecule has 0 radical (unpaired) electrons. The molecule has 0 rings (SSSR count). The topological polar surface area (TPSA) is 29.1 Å². The van der Waals surface area contributed by atoms with Crippen molar-refractivity contribution in [2.75, 3.05) is 0 Å². The molecule has 0 amide bonds. The van der Waals surface area contributed by atoms with E-state index in [1.165, 1.54) is 0 Å². The Balaban J connectivity index is 4.71. The lowest BCUT2D eigenvalue weighted by Crippen LogP contribution is -2.46. The second-order valence-electron chi connectivity index (χ2n) is 5.69. The highest BCUT2D eigenvalue weighted by Gasteiger charge is 2.35. The van der Waals surface area contributed by atoms with Crippen LogP contribution in [0.2, 0.25) is 0 Å². The van der Waals surface area contributed by atoms with E-state index >= 15 is 0 Å². The summed E-state index contributed by atoms with van der Waals surface area (Å²) in [4.78, 5) is 12.0. The summed E-state index contributed by atoms with van der Waals surface area (Å²) < 4.78 is 3.15. The third-order valence-corrected chi connectivity index (χ3v) is 3.30. The van der Waals surface area contributed by atoms with E-state index in [9.17, 15) is 4.79 Å². The minimum Gasteiger partial charge on any atom is -0.298 e. The van der Waals surface area contributed by atoms with Gasteiger partial charge in [0.25, 0.3) is 0 Å². The molecule has 0 aliphatic rings. The van der Waals surface area contributed by atoms with Crippen molar-refractivity contribution in [3.8, 4) is 0 Å². The summed E-state index contributed by atoms with van der Waals surface area (Å²) in [6.45, 7) is 12.7. The first-order chi connectivity index (χ1) is 6.72. The molecule has 0 heterocycles. The SMILES string of the molecule is CC(C)CC(C)(C)C(NI)C(=O)C(C)C. The van der Waals surface area contributed by atoms with Gasteiger partial charge in [-0.1, -0.05) is 41.5 Å². The Kier molecular flexibility index (Phi) is 6.33. The lowest BCUT2D eigenvalue weighted by Gasteiger charge is -2.34. The molecule has 0 bridgehead atoms. The summed E-state index contributed by atoms with van der Waals surface area (Å²) in [6, 6.07) is -0.0412. The van der Waals surface area contributed by atoms with Gasteiger partial charge in [0.05, 0.1) is 6.04 Å². The third-order valence-electron chi connectivity index (χ3n) is 2.68. The van der Waals surface area contributed by atoms with Gasteiger partial charge in [0.2, 0.25) is 0 Å². The van der Waals surface area contributed by atoms with Gasteiger partial charge in [-0.05, 0) is 17.8 Å². The van der Waals surface area contributed by atoms with Gasteiger partial charge < -0.3 is 0 Å². The largest absolute Gasteiger partial charge is 0.298 e. The molecule has 1 atom stereocenters. The van der Waals surface area contributed by atoms with Crippen molar-refractivity contribution in [3.63, 3.8) is 0 Å². The molecule has 0 aromatic rings. The monoisotopic (exact) mass is 325 g/mol. The molecular formula is C12H24INO. The van der Waals surface area contributed by atoms with E-state index in [-0.39, 0.29) is 17.4 Å². The van der Waals surface area contributed by atoms with E-state index in [4.69, 9.17) is 0 Å². The Labute approximate surface area is 108 Å². The molecule has 0 aromatic heterocycles. The fourth-order valence-corrected chi connectivity index (χ4v) is 3.24. The zero-order chi connectivity index (χ0) is 12.2. The van der Waals surface area contributed by atoms with Crippen molar-refractivity contribution in [2.45, 2.75) is 54.0 Å². The molecule has 0 aromatic carbocycles. The van der Waals surface area contributed by atoms with Gasteiger partial charge >= 0.3 is 0 Å². The van der Waals surface area contributed by atoms with Crippen molar-refractivity contribution in [2.24, 2.45) is 17.3 Å². The average Bonchev–Trinajstić information content (AvgIpc) is 2.01. The van der Waals surface area contributed by atoms with Crippen molar-refractivity contribution in [1.82, 2.24) is 3.53 Å². The van der Waals surface area contributed by atoms with Gasteiger partial charge in [-0.3, -0.25) is 4.79 Å². The number of rotatable bonds is 6. The Morgan fingerprint density at radius 1 is 1.27 bits per heavy atom. The Morgan fingerprint density at radius 2 is 1.73 bits per heavy atom. The van der Waals surface area contributed by atoms with Crippen LogP contribution in [0.25, 0.3) is 0 Å². The highest BCUT2D eigenvalue weighted by atomic mass is 127. The fourth-order valence-electron chi connectivity index (χ4n) is 2.09. The minimum atomic E-state index is -0.0412. The molecule has 0 aliphatic carbocycles. The maximum atomic E-state index is 12.0. The molecule has 0 fully saturated rings. The number of carbonyl (C=O) groups is 1. The third kappa shape index (κ3) is 4.81. The minimum absolute atomic E-state index is 0.0245. The number of halogens is 1. The smallest absolute Gasteiger partial charge is 0.153 e. The standard InChI is InChI=1S/C12H24INO/c1-8(2)7-12(5,6)11(14-13)10(15)9(3)4/h8-9,11,14H,7H2,1-6H3. The van der Waals surface area contributed by atoms with Crippen LogP contribution >= 0.6 is 22.9 Å². The van der Waals surface area contributed by atoms with Gasteiger partial charge in [-0.25, -0.2) is 3.53 Å². The lowest BCUT2D eigenvalue weighted by molar-refractivity contribution is -0.126. The average molecular weight is 325 g/mol. The molecule has 1 unspecified atom stereocenters. The Morgan fingerprint density at radius 3 is 2.00 bits per heavy atom. The molecule has 1 N–H and O–H groups in total. The number of hydrogen-bond acceptors (Lipinski definition) is 2. The second-order valence-corrected chi connectivity index (χ2v) is 6.31. The van der Waals surface area contributed by atoms with Crippen molar-refractivity contribution < 1.29 is 4.79 Å². The molecule has 2 nitrogen and oxygen atoms in total. The molecule has 0 saturated carbocycles. The summed E-state index contributed by atoms with van der Waals surface area (Å²) >= 11 is 2.10. The first-order valence-corrected chi connectivity index (χ1v) is 6.70. The van der Waals surface area contributed by atoms with Gasteiger partial charge in [0, 0.05) is 28.8 Å². The van der Waals surface area contributed by atoms with Crippen LogP contribution in [0.1, 0.15) is 48.0 Å². The Bertz CT molecular complexity index is 212. The zero-order valence-corrected chi connectivity index (χ0v) is 12.9. The Hall–Kier alpha value is 0.360. The maximum Gasteiger partial charge on any atom is 0.153 e. The molecule has 3 heteroatoms. The van der Waals surface area contributed by atoms with Gasteiger partial charge in [0.15, 0.2) is 5.78 Å². The number of nitrogens with one attached hydrogen (secondary N) is 1. The van der Waals surface area contributed by atoms with Gasteiger partial charge in [0.1, 0.15) is 0 Å². The quantitative estimate of drug-likeness (QED) is 0.597. The predicted molar refractivity (Wildman–Crippen MR) is 74.0 cm³/mol. The van der Waals surface area contributed by atoms with Crippen LogP contribution in [-0.2, 0) is 4.79 Å². The predicted octanol–water partition coefficient (Wildman–Crippen LogP) is 3.59. The highest BCUT2D eigenvalue weighted by molar-refractivity contribution is 14.1. The zero-order valence-electron chi connectivity index (χ0n) is 10.7. The highest BCUT2D eigenvalue weighted by Crippen LogP contribution is 2.31. The maximum absolute atomic E-state index is 12.0. The summed E-state index contributed by atoms with van der Waals surface area (Å²) in [7, 11) is 0. The van der Waals surface area contributed by atoms with Crippen LogP contribution in [0.5, 0.6) is 0 Å². The van der Waals surface area contributed by atoms with E-state index in [1.54, 1.807) is 0 Å². The second kappa shape index (κ2) is 6.18. The van der Waals surface area contributed by atoms with Crippen LogP contribution in [-0.4, -0.2) is 11.8 Å². The van der Waals surface area contributed by atoms with Crippen LogP contribution in [0.3, 0.4) is 0 Å². The summed E-state index contributed by atoms with van der Waals surface area (Å²) in [5.41, 5.74) is 0.0245. The van der Waals surface area contributed by atoms with E-state index in [2.05, 4.69) is 54.1 Å². The molecule has 15 heavy (non-hydrogen) atoms. The molecule has 0 aliphatic heterocycles. The van der Waals surface area contributed by atoms with Gasteiger partial charge in [-0.15, -0.1) is 0 Å². The van der Waals surface area contributed by atoms with Crippen molar-refractivity contribution in [3.05, 3.63) is 0 Å². The summed E-state index contributed by atoms with van der Waals surface area (Å²) in [5, 5.41) is 0. The lowest BCUT2D eigenvalue weighted by atomic mass is 9.74. The first-order valence-electron chi connectivity index (χ1n) is 5.62. The number of hydrogen-bond donors (Lipinski definition) is 1. The van der Waals surface area contributed by atoms with E-state index in [0.717, 1.165) is 6.42 Å². The molecular weight excluding hydrogens is 301 g/mol. The van der Waals surface area contributed by atoms with E-state index < -0.39 is 0 Å². The van der Waals surface area contributed by atoms with Gasteiger partial charge in [-0.2, -0.15) is 0 Å². The van der Waals surface area contributed by atoms with Crippen LogP contribution < -0.4 is 3.53 Å². The van der Waals surface area contributed by atoms with E-state index in [0.29, 0.717) is 11.7 Å². The number of carbonyl (C=O) groups excluding carboxylic acids is 1. The number of ketones is 1. The van der Waals surface area contributed by atoms with Crippen molar-refractivity contribution >= 4 is 28.6 Å². The number of Topliss-reactive ketones (excluding diaryl/α,β-unsaturated/α-hetero) is 1. The molecule has 0 saturated heterocycles. The summed E-state index contributed by atoms with van der Waals surface area (Å²) in [5.74, 6) is 1.03. The van der Waals surface area contributed by atoms with Crippen LogP contribution in [0.15, 0.2) is 0 Å². The van der Waals surface area contributed by atoms with Crippen LogP contribution in [0, 0.1) is 17.3 Å². The van der Waals surface area contributed by atoms with Crippen molar-refractivity contribution in [1.29, 1.82) is 0 Å². The van der Waals surface area contributed by atoms with E-state index in [1.807, 2.05) is 13.8 Å². The fraction of sp³-hybridized carbons (Fsp3) is 0.917. The summed E-state index contributed by atoms with van der Waals surface area (Å²) in [6.07, 6.45) is 1.06. The first kappa shape index (κ1) is 15.4. The normalized spacial score (nSPS) is 14.7. The molecule has 0 spiro atoms.